The summed E-state index contributed by atoms with van der Waals surface area (Å²) < 4.78 is 23.9. The third-order valence-corrected chi connectivity index (χ3v) is 9.43. The molecule has 0 aromatic rings. The third-order valence-electron chi connectivity index (χ3n) is 9.43. The molecule has 2 heterocycles. The molecule has 306 valence electrons. The van der Waals surface area contributed by atoms with Gasteiger partial charge in [0.15, 0.2) is 0 Å². The lowest BCUT2D eigenvalue weighted by Crippen LogP contribution is -2.64. The van der Waals surface area contributed by atoms with Crippen LogP contribution in [0.2, 0.25) is 0 Å². The lowest BCUT2D eigenvalue weighted by atomic mass is 9.80. The van der Waals surface area contributed by atoms with Crippen molar-refractivity contribution < 1.29 is 48.4 Å². The first-order valence-corrected chi connectivity index (χ1v) is 19.5. The molecule has 2 rings (SSSR count). The summed E-state index contributed by atoms with van der Waals surface area (Å²) in [5.74, 6) is -0.00749. The summed E-state index contributed by atoms with van der Waals surface area (Å²) in [7, 11) is 0. The Labute approximate surface area is 315 Å². The minimum atomic E-state index is -1.22. The van der Waals surface area contributed by atoms with Crippen molar-refractivity contribution >= 4 is 11.9 Å². The second-order valence-corrected chi connectivity index (χ2v) is 19.7. The molecule has 0 radical (unpaired) electrons. The predicted octanol–water partition coefficient (Wildman–Crippen LogP) is 7.08. The van der Waals surface area contributed by atoms with Gasteiger partial charge in [-0.25, -0.2) is 0 Å². The highest BCUT2D eigenvalue weighted by molar-refractivity contribution is 5.71. The van der Waals surface area contributed by atoms with Crippen LogP contribution < -0.4 is 0 Å². The van der Waals surface area contributed by atoms with Crippen LogP contribution in [0, 0.1) is 11.8 Å². The van der Waals surface area contributed by atoms with Gasteiger partial charge in [-0.1, -0.05) is 27.7 Å². The first kappa shape index (κ1) is 46.8. The third kappa shape index (κ3) is 14.4. The number of carbonyl (C=O) groups excluding carboxylic acids is 2. The average molecular weight is 745 g/mol. The van der Waals surface area contributed by atoms with E-state index in [1.54, 1.807) is 27.7 Å². The van der Waals surface area contributed by atoms with Crippen molar-refractivity contribution in [1.82, 2.24) is 10.1 Å². The molecule has 2 saturated heterocycles. The Kier molecular flexibility index (Phi) is 16.2. The van der Waals surface area contributed by atoms with Gasteiger partial charge < -0.3 is 29.2 Å². The standard InChI is InChI=1S/C40H76N2O10/c1-27(2)25-47-33(39(13,14)45)51-41-35(5,6)21-29(22-36(41,7)8)49-31(43)19-17-18-20-32(44)50-30-23-37(9,10)42(38(11,12)24-30)52-34(40(15,16)46)48-26-28(3)4/h27-30,33-34,45-46H,17-26H2,1-16H3. The number of nitrogens with zero attached hydrogens (tertiary/aromatic N) is 2. The van der Waals surface area contributed by atoms with E-state index >= 15 is 0 Å². The highest BCUT2D eigenvalue weighted by Gasteiger charge is 2.51. The topological polar surface area (TPSA) is 136 Å². The van der Waals surface area contributed by atoms with Crippen LogP contribution >= 0.6 is 0 Å². The van der Waals surface area contributed by atoms with E-state index in [4.69, 9.17) is 28.6 Å². The molecule has 2 unspecified atom stereocenters. The Morgan fingerprint density at radius 3 is 1.10 bits per heavy atom. The molecule has 2 aliphatic rings. The minimum absolute atomic E-state index is 0.214. The fourth-order valence-electron chi connectivity index (χ4n) is 7.59. The number of hydrogen-bond acceptors (Lipinski definition) is 12. The summed E-state index contributed by atoms with van der Waals surface area (Å²) in [5.41, 5.74) is -4.48. The normalized spacial score (nSPS) is 22.8. The van der Waals surface area contributed by atoms with Crippen LogP contribution in [-0.4, -0.2) is 104 Å². The van der Waals surface area contributed by atoms with Crippen molar-refractivity contribution in [3.63, 3.8) is 0 Å². The van der Waals surface area contributed by atoms with E-state index < -0.39 is 45.9 Å². The van der Waals surface area contributed by atoms with Gasteiger partial charge in [-0.05, 0) is 108 Å². The Balaban J connectivity index is 1.88. The van der Waals surface area contributed by atoms with E-state index in [1.807, 2.05) is 93.2 Å². The molecule has 0 bridgehead atoms. The molecule has 2 fully saturated rings. The van der Waals surface area contributed by atoms with Gasteiger partial charge in [0.05, 0.1) is 13.2 Å². The summed E-state index contributed by atoms with van der Waals surface area (Å²) in [6, 6.07) is 0. The summed E-state index contributed by atoms with van der Waals surface area (Å²) in [5, 5.41) is 25.4. The molecule has 0 amide bonds. The van der Waals surface area contributed by atoms with E-state index in [0.717, 1.165) is 0 Å². The van der Waals surface area contributed by atoms with E-state index in [0.29, 0.717) is 51.7 Å². The number of esters is 2. The van der Waals surface area contributed by atoms with Crippen LogP contribution in [-0.2, 0) is 38.2 Å². The Hall–Kier alpha value is -1.38. The number of aliphatic hydroxyl groups is 2. The fraction of sp³-hybridized carbons (Fsp3) is 0.950. The molecule has 12 nitrogen and oxygen atoms in total. The molecule has 2 aliphatic heterocycles. The number of hydroxylamine groups is 4. The van der Waals surface area contributed by atoms with Crippen molar-refractivity contribution in [1.29, 1.82) is 0 Å². The molecule has 52 heavy (non-hydrogen) atoms. The van der Waals surface area contributed by atoms with Crippen LogP contribution in [0.15, 0.2) is 0 Å². The number of unbranched alkanes of at least 4 members (excludes halogenated alkanes) is 1. The average Bonchev–Trinajstić information content (AvgIpc) is 2.90. The van der Waals surface area contributed by atoms with Gasteiger partial charge in [-0.2, -0.15) is 10.1 Å². The predicted molar refractivity (Wildman–Crippen MR) is 201 cm³/mol. The van der Waals surface area contributed by atoms with E-state index in [2.05, 4.69) is 0 Å². The van der Waals surface area contributed by atoms with Gasteiger partial charge in [-0.3, -0.25) is 19.3 Å². The van der Waals surface area contributed by atoms with E-state index in [9.17, 15) is 19.8 Å². The Morgan fingerprint density at radius 1 is 0.596 bits per heavy atom. The highest BCUT2D eigenvalue weighted by atomic mass is 16.8. The largest absolute Gasteiger partial charge is 0.462 e. The van der Waals surface area contributed by atoms with Gasteiger partial charge in [0, 0.05) is 60.7 Å². The number of hydrogen-bond donors (Lipinski definition) is 2. The van der Waals surface area contributed by atoms with E-state index in [1.165, 1.54) is 0 Å². The molecule has 0 aromatic carbocycles. The maximum atomic E-state index is 12.9. The SMILES string of the molecule is CC(C)COC(ON1C(C)(C)CC(OC(=O)CCCCC(=O)OC2CC(C)(C)N(OC(OCC(C)C)C(C)(C)O)C(C)(C)C2)CC1(C)C)C(C)(C)O. The molecule has 0 aromatic heterocycles. The second-order valence-electron chi connectivity index (χ2n) is 19.7. The number of piperidine rings is 2. The molecule has 2 atom stereocenters. The maximum absolute atomic E-state index is 12.9. The lowest BCUT2D eigenvalue weighted by Gasteiger charge is -2.54. The molecule has 12 heteroatoms. The first-order valence-electron chi connectivity index (χ1n) is 19.5. The Morgan fingerprint density at radius 2 is 0.865 bits per heavy atom. The number of carbonyl (C=O) groups is 2. The van der Waals surface area contributed by atoms with Crippen LogP contribution in [0.1, 0.15) is 162 Å². The number of rotatable bonds is 19. The summed E-state index contributed by atoms with van der Waals surface area (Å²) in [6.45, 7) is 32.1. The fourth-order valence-corrected chi connectivity index (χ4v) is 7.59. The van der Waals surface area contributed by atoms with Crippen molar-refractivity contribution in [2.75, 3.05) is 13.2 Å². The van der Waals surface area contributed by atoms with Crippen LogP contribution in [0.25, 0.3) is 0 Å². The maximum Gasteiger partial charge on any atom is 0.306 e. The summed E-state index contributed by atoms with van der Waals surface area (Å²) >= 11 is 0. The van der Waals surface area contributed by atoms with Crippen LogP contribution in [0.5, 0.6) is 0 Å². The molecular formula is C40H76N2O10. The number of ether oxygens (including phenoxy) is 4. The van der Waals surface area contributed by atoms with Gasteiger partial charge in [0.2, 0.25) is 12.6 Å². The molecule has 2 N–H and O–H groups in total. The molecule has 0 spiro atoms. The molecule has 0 saturated carbocycles. The quantitative estimate of drug-likeness (QED) is 0.0795. The zero-order valence-electron chi connectivity index (χ0n) is 35.6. The lowest BCUT2D eigenvalue weighted by molar-refractivity contribution is -0.386. The van der Waals surface area contributed by atoms with Crippen molar-refractivity contribution in [3.05, 3.63) is 0 Å². The van der Waals surface area contributed by atoms with Gasteiger partial charge in [0.25, 0.3) is 0 Å². The molecule has 0 aliphatic carbocycles. The Bertz CT molecular complexity index is 1010. The zero-order chi connectivity index (χ0) is 40.1. The van der Waals surface area contributed by atoms with E-state index in [-0.39, 0.29) is 48.8 Å². The van der Waals surface area contributed by atoms with Crippen molar-refractivity contribution in [2.45, 2.75) is 220 Å². The zero-order valence-corrected chi connectivity index (χ0v) is 35.6. The monoisotopic (exact) mass is 745 g/mol. The van der Waals surface area contributed by atoms with Gasteiger partial charge in [-0.15, -0.1) is 0 Å². The van der Waals surface area contributed by atoms with Gasteiger partial charge >= 0.3 is 11.9 Å². The smallest absolute Gasteiger partial charge is 0.306 e. The second kappa shape index (κ2) is 18.0. The van der Waals surface area contributed by atoms with Crippen LogP contribution in [0.3, 0.4) is 0 Å². The summed E-state index contributed by atoms with van der Waals surface area (Å²) in [6.07, 6.45) is 1.35. The van der Waals surface area contributed by atoms with Gasteiger partial charge in [0.1, 0.15) is 23.4 Å². The van der Waals surface area contributed by atoms with Crippen molar-refractivity contribution in [2.24, 2.45) is 11.8 Å². The summed E-state index contributed by atoms with van der Waals surface area (Å²) in [4.78, 5) is 38.6. The minimum Gasteiger partial charge on any atom is -0.462 e. The van der Waals surface area contributed by atoms with Crippen molar-refractivity contribution in [3.8, 4) is 0 Å². The first-order chi connectivity index (χ1) is 23.5. The van der Waals surface area contributed by atoms with Crippen LogP contribution in [0.4, 0.5) is 0 Å². The highest BCUT2D eigenvalue weighted by Crippen LogP contribution is 2.43. The molecular weight excluding hydrogens is 668 g/mol.